The van der Waals surface area contributed by atoms with E-state index in [9.17, 15) is 0 Å². The van der Waals surface area contributed by atoms with Crippen molar-refractivity contribution in [1.29, 1.82) is 0 Å². The number of rotatable bonds is 7. The quantitative estimate of drug-likeness (QED) is 0.149. The Morgan fingerprint density at radius 3 is 1.59 bits per heavy atom. The van der Waals surface area contributed by atoms with E-state index in [4.69, 9.17) is 4.42 Å². The Balaban J connectivity index is 1.07. The summed E-state index contributed by atoms with van der Waals surface area (Å²) in [6.07, 6.45) is 0. The molecule has 0 aliphatic carbocycles. The van der Waals surface area contributed by atoms with Crippen molar-refractivity contribution in [2.45, 2.75) is 52.4 Å². The van der Waals surface area contributed by atoms with Gasteiger partial charge in [-0.25, -0.2) is 0 Å². The summed E-state index contributed by atoms with van der Waals surface area (Å²) in [4.78, 5) is 7.48. The number of para-hydroxylation sites is 4. The fourth-order valence-corrected chi connectivity index (χ4v) is 11.4. The van der Waals surface area contributed by atoms with Gasteiger partial charge in [-0.05, 0) is 140 Å². The maximum Gasteiger partial charge on any atom is 0.252 e. The summed E-state index contributed by atoms with van der Waals surface area (Å²) in [7, 11) is 0. The molecule has 352 valence electrons. The molecule has 0 spiro atoms. The van der Waals surface area contributed by atoms with Crippen LogP contribution in [-0.4, -0.2) is 6.71 Å². The Kier molecular flexibility index (Phi) is 10.4. The molecule has 13 rings (SSSR count). The molecule has 73 heavy (non-hydrogen) atoms. The molecule has 0 saturated heterocycles. The third-order valence-corrected chi connectivity index (χ3v) is 15.1. The first-order chi connectivity index (χ1) is 35.5. The van der Waals surface area contributed by atoms with E-state index in [2.05, 4.69) is 281 Å². The molecule has 0 amide bonds. The molecule has 0 fully saturated rings. The monoisotopic (exact) mass is 941 g/mol. The highest BCUT2D eigenvalue weighted by atomic mass is 16.3. The van der Waals surface area contributed by atoms with E-state index in [0.29, 0.717) is 0 Å². The molecule has 1 aromatic heterocycles. The van der Waals surface area contributed by atoms with Gasteiger partial charge in [0.15, 0.2) is 0 Å². The van der Waals surface area contributed by atoms with Crippen LogP contribution >= 0.6 is 0 Å². The van der Waals surface area contributed by atoms with Gasteiger partial charge in [-0.15, -0.1) is 0 Å². The third kappa shape index (κ3) is 7.53. The number of anilines is 9. The number of hydrogen-bond donors (Lipinski definition) is 0. The first kappa shape index (κ1) is 44.4. The molecule has 10 aromatic carbocycles. The normalized spacial score (nSPS) is 13.0. The van der Waals surface area contributed by atoms with Crippen molar-refractivity contribution in [1.82, 2.24) is 0 Å². The van der Waals surface area contributed by atoms with Gasteiger partial charge in [0.2, 0.25) is 0 Å². The smallest absolute Gasteiger partial charge is 0.252 e. The fraction of sp³-hybridized carbons (Fsp3) is 0.118. The van der Waals surface area contributed by atoms with Crippen LogP contribution in [0.1, 0.15) is 52.7 Å². The number of furan rings is 1. The summed E-state index contributed by atoms with van der Waals surface area (Å²) in [5, 5.41) is 2.27. The van der Waals surface area contributed by atoms with Gasteiger partial charge in [0, 0.05) is 67.5 Å². The Morgan fingerprint density at radius 1 is 0.384 bits per heavy atom. The highest BCUT2D eigenvalue weighted by Crippen LogP contribution is 2.49. The van der Waals surface area contributed by atoms with E-state index in [1.54, 1.807) is 0 Å². The Hall–Kier alpha value is -8.54. The van der Waals surface area contributed by atoms with Crippen LogP contribution in [0.2, 0.25) is 0 Å². The maximum atomic E-state index is 6.56. The van der Waals surface area contributed by atoms with E-state index in [0.717, 1.165) is 61.5 Å². The molecule has 11 aromatic rings. The van der Waals surface area contributed by atoms with Gasteiger partial charge in [0.05, 0.1) is 0 Å². The second-order valence-electron chi connectivity index (χ2n) is 21.8. The molecule has 0 N–H and O–H groups in total. The lowest BCUT2D eigenvalue weighted by atomic mass is 9.33. The summed E-state index contributed by atoms with van der Waals surface area (Å²) in [6.45, 7) is 13.8. The van der Waals surface area contributed by atoms with Gasteiger partial charge >= 0.3 is 0 Å². The van der Waals surface area contributed by atoms with E-state index in [1.165, 1.54) is 61.4 Å². The average Bonchev–Trinajstić information content (AvgIpc) is 3.81. The van der Waals surface area contributed by atoms with Crippen LogP contribution in [0.25, 0.3) is 44.2 Å². The minimum atomic E-state index is -0.166. The van der Waals surface area contributed by atoms with E-state index in [-0.39, 0.29) is 17.5 Å². The first-order valence-electron chi connectivity index (χ1n) is 25.6. The minimum Gasteiger partial charge on any atom is -0.455 e. The van der Waals surface area contributed by atoms with Crippen LogP contribution < -0.4 is 31.1 Å². The van der Waals surface area contributed by atoms with Gasteiger partial charge in [0.25, 0.3) is 6.71 Å². The lowest BCUT2D eigenvalue weighted by molar-refractivity contribution is 0.590. The van der Waals surface area contributed by atoms with Crippen molar-refractivity contribution in [3.8, 4) is 22.3 Å². The summed E-state index contributed by atoms with van der Waals surface area (Å²) in [5.41, 5.74) is 22.9. The van der Waals surface area contributed by atoms with Crippen molar-refractivity contribution in [2.75, 3.05) is 14.7 Å². The number of benzene rings is 10. The van der Waals surface area contributed by atoms with Crippen LogP contribution in [0.15, 0.2) is 235 Å². The summed E-state index contributed by atoms with van der Waals surface area (Å²) < 4.78 is 6.56. The minimum absolute atomic E-state index is 0.00256. The van der Waals surface area contributed by atoms with Crippen molar-refractivity contribution >= 4 is 96.2 Å². The second kappa shape index (κ2) is 17.1. The van der Waals surface area contributed by atoms with Gasteiger partial charge in [-0.1, -0.05) is 187 Å². The van der Waals surface area contributed by atoms with Crippen molar-refractivity contribution in [2.24, 2.45) is 0 Å². The van der Waals surface area contributed by atoms with E-state index >= 15 is 0 Å². The van der Waals surface area contributed by atoms with Crippen molar-refractivity contribution in [3.63, 3.8) is 0 Å². The molecule has 0 saturated carbocycles. The van der Waals surface area contributed by atoms with E-state index < -0.39 is 0 Å². The first-order valence-corrected chi connectivity index (χ1v) is 25.6. The molecule has 0 atom stereocenters. The van der Waals surface area contributed by atoms with Gasteiger partial charge in [0.1, 0.15) is 11.2 Å². The lowest BCUT2D eigenvalue weighted by Crippen LogP contribution is -2.61. The second-order valence-corrected chi connectivity index (χ2v) is 21.8. The highest BCUT2D eigenvalue weighted by molar-refractivity contribution is 7.00. The maximum absolute atomic E-state index is 6.56. The molecule has 0 unspecified atom stereocenters. The molecule has 0 bridgehead atoms. The van der Waals surface area contributed by atoms with Crippen LogP contribution in [-0.2, 0) is 10.8 Å². The Labute approximate surface area is 429 Å². The fourth-order valence-electron chi connectivity index (χ4n) is 11.4. The zero-order valence-corrected chi connectivity index (χ0v) is 42.3. The SMILES string of the molecule is CC(C)(C)c1ccc(N2c3cc(N(c4ccccc4)c4ccccc4)ccc3B3c4cc(-c5ccccc5)ccc4N(c4ccc(-c5cccc6c5oc5ccccc56)cc4)c4cc(C(C)(C)C)cc2c43)cc1. The van der Waals surface area contributed by atoms with Crippen molar-refractivity contribution in [3.05, 3.63) is 242 Å². The highest BCUT2D eigenvalue weighted by Gasteiger charge is 2.44. The summed E-state index contributed by atoms with van der Waals surface area (Å²) in [6, 6.07) is 84.9. The predicted octanol–water partition coefficient (Wildman–Crippen LogP) is 17.1. The van der Waals surface area contributed by atoms with Crippen LogP contribution in [0, 0.1) is 0 Å². The molecular weight excluding hydrogens is 886 g/mol. The molecule has 3 heterocycles. The topological polar surface area (TPSA) is 22.9 Å². The summed E-state index contributed by atoms with van der Waals surface area (Å²) in [5.74, 6) is 0. The largest absolute Gasteiger partial charge is 0.455 e. The van der Waals surface area contributed by atoms with Crippen LogP contribution in [0.3, 0.4) is 0 Å². The average molecular weight is 942 g/mol. The van der Waals surface area contributed by atoms with Gasteiger partial charge < -0.3 is 19.1 Å². The van der Waals surface area contributed by atoms with Crippen LogP contribution in [0.4, 0.5) is 51.2 Å². The van der Waals surface area contributed by atoms with Crippen molar-refractivity contribution < 1.29 is 4.42 Å². The molecular formula is C68H56BN3O. The molecule has 5 heteroatoms. The number of hydrogen-bond acceptors (Lipinski definition) is 4. The van der Waals surface area contributed by atoms with E-state index in [1.807, 2.05) is 6.07 Å². The Bertz CT molecular complexity index is 3830. The molecule has 4 nitrogen and oxygen atoms in total. The van der Waals surface area contributed by atoms with Gasteiger partial charge in [-0.2, -0.15) is 0 Å². The van der Waals surface area contributed by atoms with Gasteiger partial charge in [-0.3, -0.25) is 0 Å². The Morgan fingerprint density at radius 2 is 0.945 bits per heavy atom. The zero-order chi connectivity index (χ0) is 49.6. The number of fused-ring (bicyclic) bond motifs is 7. The lowest BCUT2D eigenvalue weighted by Gasteiger charge is -2.45. The zero-order valence-electron chi connectivity index (χ0n) is 42.3. The third-order valence-electron chi connectivity index (χ3n) is 15.1. The number of nitrogens with zero attached hydrogens (tertiary/aromatic N) is 3. The predicted molar refractivity (Wildman–Crippen MR) is 311 cm³/mol. The van der Waals surface area contributed by atoms with Crippen LogP contribution in [0.5, 0.6) is 0 Å². The standard InChI is InChI=1S/C68H56BN3O/c1-67(2,3)48-32-36-53(37-33-48)72-61-44-54(70(50-21-12-8-13-22-50)51-23-14-9-15-24-51)38-39-58(61)69-59-41-47(45-19-10-7-11-20-45)31-40-60(59)71(62-42-49(68(4,5)6)43-63(72)65(62)69)52-34-29-46(30-35-52)55-26-18-27-57-56-25-16-17-28-64(56)73-66(55)57/h7-44H,1-6H3. The molecule has 2 aliphatic heterocycles. The molecule has 2 aliphatic rings. The molecule has 0 radical (unpaired) electrons. The summed E-state index contributed by atoms with van der Waals surface area (Å²) >= 11 is 0.